The molecule has 2 aromatic carbocycles. The van der Waals surface area contributed by atoms with Crippen LogP contribution in [0.2, 0.25) is 5.02 Å². The molecule has 1 fully saturated rings. The number of benzene rings is 2. The quantitative estimate of drug-likeness (QED) is 0.720. The Morgan fingerprint density at radius 2 is 1.96 bits per heavy atom. The number of halogens is 1. The lowest BCUT2D eigenvalue weighted by Gasteiger charge is -2.32. The second-order valence-corrected chi connectivity index (χ2v) is 7.72. The Labute approximate surface area is 163 Å². The molecule has 0 radical (unpaired) electrons. The van der Waals surface area contributed by atoms with Crippen LogP contribution in [0.1, 0.15) is 24.0 Å². The Morgan fingerprint density at radius 1 is 1.15 bits per heavy atom. The highest BCUT2D eigenvalue weighted by atomic mass is 35.5. The summed E-state index contributed by atoms with van der Waals surface area (Å²) in [6.07, 6.45) is 3.87. The van der Waals surface area contributed by atoms with Crippen LogP contribution in [0.25, 0.3) is 10.8 Å². The predicted molar refractivity (Wildman–Crippen MR) is 110 cm³/mol. The number of nitrogens with zero attached hydrogens (tertiary/aromatic N) is 1. The number of pyridine rings is 1. The molecule has 27 heavy (non-hydrogen) atoms. The third-order valence-electron chi connectivity index (χ3n) is 5.09. The lowest BCUT2D eigenvalue weighted by atomic mass is 10.1. The van der Waals surface area contributed by atoms with Crippen molar-refractivity contribution in [2.75, 3.05) is 13.1 Å². The molecule has 0 aliphatic carbocycles. The molecule has 0 bridgehead atoms. The molecule has 0 amide bonds. The Hall–Kier alpha value is -2.30. The average molecular weight is 383 g/mol. The van der Waals surface area contributed by atoms with E-state index in [0.29, 0.717) is 5.39 Å². The SMILES string of the molecule is Cc1cc(Cl)cc(CN2CCC(Oc3ccc4c(=O)[nH]ccc4c3)CC2)c1. The molecular weight excluding hydrogens is 360 g/mol. The zero-order valence-electron chi connectivity index (χ0n) is 15.4. The van der Waals surface area contributed by atoms with E-state index in [1.165, 1.54) is 11.1 Å². The maximum absolute atomic E-state index is 11.8. The highest BCUT2D eigenvalue weighted by molar-refractivity contribution is 6.30. The van der Waals surface area contributed by atoms with Crippen molar-refractivity contribution in [3.05, 3.63) is 75.2 Å². The molecule has 5 heteroatoms. The van der Waals surface area contributed by atoms with Crippen molar-refractivity contribution in [3.63, 3.8) is 0 Å². The van der Waals surface area contributed by atoms with Gasteiger partial charge in [-0.3, -0.25) is 9.69 Å². The molecule has 1 N–H and O–H groups in total. The van der Waals surface area contributed by atoms with E-state index >= 15 is 0 Å². The number of rotatable bonds is 4. The summed E-state index contributed by atoms with van der Waals surface area (Å²) >= 11 is 6.17. The van der Waals surface area contributed by atoms with E-state index in [-0.39, 0.29) is 11.7 Å². The Morgan fingerprint density at radius 3 is 2.74 bits per heavy atom. The minimum Gasteiger partial charge on any atom is -0.490 e. The number of H-pyrrole nitrogens is 1. The molecule has 4 rings (SSSR count). The number of ether oxygens (including phenoxy) is 1. The van der Waals surface area contributed by atoms with Crippen molar-refractivity contribution in [2.24, 2.45) is 0 Å². The third-order valence-corrected chi connectivity index (χ3v) is 5.31. The fourth-order valence-corrected chi connectivity index (χ4v) is 4.10. The van der Waals surface area contributed by atoms with Gasteiger partial charge in [0.15, 0.2) is 0 Å². The number of fused-ring (bicyclic) bond motifs is 1. The van der Waals surface area contributed by atoms with Gasteiger partial charge in [0.2, 0.25) is 0 Å². The van der Waals surface area contributed by atoms with Gasteiger partial charge < -0.3 is 9.72 Å². The van der Waals surface area contributed by atoms with Gasteiger partial charge >= 0.3 is 0 Å². The van der Waals surface area contributed by atoms with Gasteiger partial charge in [-0.15, -0.1) is 0 Å². The molecule has 140 valence electrons. The molecule has 4 nitrogen and oxygen atoms in total. The number of nitrogens with one attached hydrogen (secondary N) is 1. The van der Waals surface area contributed by atoms with Gasteiger partial charge in [-0.2, -0.15) is 0 Å². The smallest absolute Gasteiger partial charge is 0.255 e. The molecular formula is C22H23ClN2O2. The molecule has 0 atom stereocenters. The molecule has 1 aliphatic heterocycles. The van der Waals surface area contributed by atoms with Crippen LogP contribution in [0.4, 0.5) is 0 Å². The van der Waals surface area contributed by atoms with Gasteiger partial charge in [-0.1, -0.05) is 17.7 Å². The second kappa shape index (κ2) is 7.75. The van der Waals surface area contributed by atoms with E-state index < -0.39 is 0 Å². The van der Waals surface area contributed by atoms with E-state index in [9.17, 15) is 4.79 Å². The van der Waals surface area contributed by atoms with Crippen molar-refractivity contribution in [1.82, 2.24) is 9.88 Å². The third kappa shape index (κ3) is 4.34. The van der Waals surface area contributed by atoms with Gasteiger partial charge in [0.05, 0.1) is 0 Å². The van der Waals surface area contributed by atoms with Crippen molar-refractivity contribution in [1.29, 1.82) is 0 Å². The van der Waals surface area contributed by atoms with Crippen molar-refractivity contribution in [2.45, 2.75) is 32.4 Å². The first-order valence-electron chi connectivity index (χ1n) is 9.33. The largest absolute Gasteiger partial charge is 0.490 e. The lowest BCUT2D eigenvalue weighted by molar-refractivity contribution is 0.0969. The first kappa shape index (κ1) is 18.1. The van der Waals surface area contributed by atoms with Crippen molar-refractivity contribution < 1.29 is 4.74 Å². The maximum atomic E-state index is 11.8. The van der Waals surface area contributed by atoms with Crippen LogP contribution in [-0.2, 0) is 6.54 Å². The summed E-state index contributed by atoms with van der Waals surface area (Å²) in [5, 5.41) is 2.40. The topological polar surface area (TPSA) is 45.3 Å². The van der Waals surface area contributed by atoms with Crippen LogP contribution in [0.3, 0.4) is 0 Å². The first-order valence-corrected chi connectivity index (χ1v) is 9.71. The second-order valence-electron chi connectivity index (χ2n) is 7.29. The summed E-state index contributed by atoms with van der Waals surface area (Å²) in [7, 11) is 0. The van der Waals surface area contributed by atoms with Gasteiger partial charge in [0.1, 0.15) is 11.9 Å². The standard InChI is InChI=1S/C22H23ClN2O2/c1-15-10-16(12-18(23)11-15)14-25-8-5-19(6-9-25)27-20-2-3-21-17(13-20)4-7-24-22(21)26/h2-4,7,10-13,19H,5-6,8-9,14H2,1H3,(H,24,26). The van der Waals surface area contributed by atoms with Crippen LogP contribution < -0.4 is 10.3 Å². The average Bonchev–Trinajstić information content (AvgIpc) is 2.63. The van der Waals surface area contributed by atoms with E-state index in [0.717, 1.165) is 48.6 Å². The predicted octanol–water partition coefficient (Wildman–Crippen LogP) is 4.53. The number of likely N-dealkylation sites (tertiary alicyclic amines) is 1. The van der Waals surface area contributed by atoms with E-state index in [2.05, 4.69) is 22.9 Å². The molecule has 1 aliphatic rings. The van der Waals surface area contributed by atoms with Crippen LogP contribution in [0.15, 0.2) is 53.5 Å². The normalized spacial score (nSPS) is 15.9. The van der Waals surface area contributed by atoms with E-state index in [4.69, 9.17) is 16.3 Å². The first-order chi connectivity index (χ1) is 13.1. The molecule has 3 aromatic rings. The maximum Gasteiger partial charge on any atom is 0.255 e. The molecule has 0 unspecified atom stereocenters. The summed E-state index contributed by atoms with van der Waals surface area (Å²) in [5.41, 5.74) is 2.40. The molecule has 1 saturated heterocycles. The van der Waals surface area contributed by atoms with E-state index in [1.54, 1.807) is 6.20 Å². The zero-order valence-corrected chi connectivity index (χ0v) is 16.1. The van der Waals surface area contributed by atoms with Crippen molar-refractivity contribution in [3.8, 4) is 5.75 Å². The van der Waals surface area contributed by atoms with Crippen LogP contribution in [0.5, 0.6) is 5.75 Å². The van der Waals surface area contributed by atoms with Crippen molar-refractivity contribution >= 4 is 22.4 Å². The Kier molecular flexibility index (Phi) is 5.19. The monoisotopic (exact) mass is 382 g/mol. The Balaban J connectivity index is 1.36. The molecule has 1 aromatic heterocycles. The molecule has 0 saturated carbocycles. The van der Waals surface area contributed by atoms with Crippen LogP contribution >= 0.6 is 11.6 Å². The van der Waals surface area contributed by atoms with Gasteiger partial charge in [0, 0.05) is 36.2 Å². The number of aromatic nitrogens is 1. The Bertz CT molecular complexity index is 986. The lowest BCUT2D eigenvalue weighted by Crippen LogP contribution is -2.37. The van der Waals surface area contributed by atoms with E-state index in [1.807, 2.05) is 36.4 Å². The number of aryl methyl sites for hydroxylation is 1. The summed E-state index contributed by atoms with van der Waals surface area (Å²) in [6, 6.07) is 13.8. The minimum absolute atomic E-state index is 0.0661. The van der Waals surface area contributed by atoms with Gasteiger partial charge in [0.25, 0.3) is 5.56 Å². The zero-order chi connectivity index (χ0) is 18.8. The van der Waals surface area contributed by atoms with Gasteiger partial charge in [-0.05, 0) is 72.7 Å². The fraction of sp³-hybridized carbons (Fsp3) is 0.318. The summed E-state index contributed by atoms with van der Waals surface area (Å²) in [4.78, 5) is 16.9. The number of piperidine rings is 1. The highest BCUT2D eigenvalue weighted by Gasteiger charge is 2.21. The van der Waals surface area contributed by atoms with Gasteiger partial charge in [-0.25, -0.2) is 0 Å². The molecule has 0 spiro atoms. The minimum atomic E-state index is -0.0661. The number of aromatic amines is 1. The fourth-order valence-electron chi connectivity index (χ4n) is 3.78. The van der Waals surface area contributed by atoms with Crippen LogP contribution in [-0.4, -0.2) is 29.1 Å². The summed E-state index contributed by atoms with van der Waals surface area (Å²) < 4.78 is 6.18. The number of hydrogen-bond acceptors (Lipinski definition) is 3. The molecule has 2 heterocycles. The summed E-state index contributed by atoms with van der Waals surface area (Å²) in [5.74, 6) is 0.831. The highest BCUT2D eigenvalue weighted by Crippen LogP contribution is 2.24. The van der Waals surface area contributed by atoms with Crippen LogP contribution in [0, 0.1) is 6.92 Å². The summed E-state index contributed by atoms with van der Waals surface area (Å²) in [6.45, 7) is 5.01. The number of hydrogen-bond donors (Lipinski definition) is 1.